The molecule has 0 unspecified atom stereocenters. The molecule has 0 saturated carbocycles. The van der Waals surface area contributed by atoms with Gasteiger partial charge in [0.05, 0.1) is 23.7 Å². The van der Waals surface area contributed by atoms with Crippen molar-refractivity contribution in [1.29, 1.82) is 0 Å². The van der Waals surface area contributed by atoms with Crippen LogP contribution in [0.25, 0.3) is 16.6 Å². The summed E-state index contributed by atoms with van der Waals surface area (Å²) in [6.45, 7) is 0.320. The molecule has 5 nitrogen and oxygen atoms in total. The van der Waals surface area contributed by atoms with E-state index in [0.717, 1.165) is 16.2 Å². The molecule has 29 heavy (non-hydrogen) atoms. The van der Waals surface area contributed by atoms with E-state index in [1.807, 2.05) is 30.3 Å². The van der Waals surface area contributed by atoms with Gasteiger partial charge >= 0.3 is 0 Å². The van der Waals surface area contributed by atoms with Crippen molar-refractivity contribution in [3.05, 3.63) is 94.5 Å². The molecule has 0 N–H and O–H groups in total. The number of benzene rings is 3. The van der Waals surface area contributed by atoms with E-state index >= 15 is 0 Å². The van der Waals surface area contributed by atoms with Crippen molar-refractivity contribution >= 4 is 10.9 Å². The van der Waals surface area contributed by atoms with Gasteiger partial charge in [-0.05, 0) is 23.8 Å². The fourth-order valence-corrected chi connectivity index (χ4v) is 2.99. The topological polar surface area (TPSA) is 53.4 Å². The first-order valence-corrected chi connectivity index (χ1v) is 8.78. The molecule has 4 rings (SSSR count). The van der Waals surface area contributed by atoms with Gasteiger partial charge in [-0.2, -0.15) is 0 Å². The molecule has 4 aromatic rings. The Labute approximate surface area is 164 Å². The van der Waals surface area contributed by atoms with Crippen LogP contribution in [0, 0.1) is 11.6 Å². The normalized spacial score (nSPS) is 10.9. The molecule has 0 spiro atoms. The lowest BCUT2D eigenvalue weighted by Gasteiger charge is -2.13. The van der Waals surface area contributed by atoms with Crippen LogP contribution < -0.4 is 15.0 Å². The van der Waals surface area contributed by atoms with Gasteiger partial charge in [-0.1, -0.05) is 30.3 Å². The molecule has 0 aliphatic carbocycles. The Balaban J connectivity index is 1.76. The van der Waals surface area contributed by atoms with Gasteiger partial charge in [0.25, 0.3) is 5.56 Å². The first kappa shape index (κ1) is 18.6. The average molecular weight is 394 g/mol. The first-order valence-electron chi connectivity index (χ1n) is 8.78. The van der Waals surface area contributed by atoms with Crippen molar-refractivity contribution < 1.29 is 18.3 Å². The van der Waals surface area contributed by atoms with Crippen LogP contribution in [0.3, 0.4) is 0 Å². The van der Waals surface area contributed by atoms with Gasteiger partial charge in [0.2, 0.25) is 0 Å². The highest BCUT2D eigenvalue weighted by Crippen LogP contribution is 2.31. The minimum atomic E-state index is -0.858. The number of nitrogens with zero attached hydrogens (tertiary/aromatic N) is 2. The molecule has 3 aromatic carbocycles. The smallest absolute Gasteiger partial charge is 0.265 e. The van der Waals surface area contributed by atoms with Crippen molar-refractivity contribution in [3.8, 4) is 17.2 Å². The zero-order chi connectivity index (χ0) is 20.4. The molecule has 0 aliphatic rings. The number of rotatable bonds is 5. The number of hydrogen-bond acceptors (Lipinski definition) is 4. The third-order valence-corrected chi connectivity index (χ3v) is 4.45. The summed E-state index contributed by atoms with van der Waals surface area (Å²) in [6, 6.07) is 15.7. The van der Waals surface area contributed by atoms with Crippen molar-refractivity contribution in [2.45, 2.75) is 6.61 Å². The lowest BCUT2D eigenvalue weighted by atomic mass is 10.2. The number of fused-ring (bicyclic) bond motifs is 1. The second-order valence-electron chi connectivity index (χ2n) is 6.31. The summed E-state index contributed by atoms with van der Waals surface area (Å²) in [5, 5.41) is 0.222. The maximum Gasteiger partial charge on any atom is 0.265 e. The first-order chi connectivity index (χ1) is 14.1. The number of aromatic nitrogens is 2. The molecule has 0 fully saturated rings. The average Bonchev–Trinajstić information content (AvgIpc) is 2.73. The molecule has 7 heteroatoms. The van der Waals surface area contributed by atoms with Crippen LogP contribution in [-0.4, -0.2) is 16.7 Å². The van der Waals surface area contributed by atoms with Gasteiger partial charge in [0.15, 0.2) is 11.5 Å². The van der Waals surface area contributed by atoms with E-state index in [4.69, 9.17) is 9.47 Å². The van der Waals surface area contributed by atoms with Crippen LogP contribution in [0.4, 0.5) is 8.78 Å². The molecule has 1 heterocycles. The second kappa shape index (κ2) is 7.71. The van der Waals surface area contributed by atoms with Gasteiger partial charge < -0.3 is 9.47 Å². The Morgan fingerprint density at radius 1 is 1.00 bits per heavy atom. The lowest BCUT2D eigenvalue weighted by Crippen LogP contribution is -2.20. The summed E-state index contributed by atoms with van der Waals surface area (Å²) < 4.78 is 39.5. The summed E-state index contributed by atoms with van der Waals surface area (Å²) in [4.78, 5) is 17.1. The van der Waals surface area contributed by atoms with Crippen molar-refractivity contribution in [1.82, 2.24) is 9.55 Å². The Morgan fingerprint density at radius 2 is 1.79 bits per heavy atom. The van der Waals surface area contributed by atoms with E-state index in [0.29, 0.717) is 29.7 Å². The molecule has 0 saturated heterocycles. The van der Waals surface area contributed by atoms with E-state index in [9.17, 15) is 13.6 Å². The van der Waals surface area contributed by atoms with Crippen LogP contribution in [0.5, 0.6) is 11.5 Å². The zero-order valence-corrected chi connectivity index (χ0v) is 15.4. The molecular weight excluding hydrogens is 378 g/mol. The third-order valence-electron chi connectivity index (χ3n) is 4.45. The van der Waals surface area contributed by atoms with Gasteiger partial charge in [0, 0.05) is 12.1 Å². The van der Waals surface area contributed by atoms with Gasteiger partial charge in [-0.25, -0.2) is 13.8 Å². The van der Waals surface area contributed by atoms with Crippen LogP contribution in [0.1, 0.15) is 5.56 Å². The predicted molar refractivity (Wildman–Crippen MR) is 105 cm³/mol. The standard InChI is InChI=1S/C22H16F2N2O3/c1-28-20-10-16-18(11-21(20)29-12-14-5-3-2-4-6-14)25-13-26(22(16)27)19-8-7-15(23)9-17(19)24/h2-11,13H,12H2,1H3. The fraction of sp³-hybridized carbons (Fsp3) is 0.0909. The second-order valence-corrected chi connectivity index (χ2v) is 6.31. The van der Waals surface area contributed by atoms with E-state index in [1.165, 1.54) is 25.6 Å². The zero-order valence-electron chi connectivity index (χ0n) is 15.4. The monoisotopic (exact) mass is 394 g/mol. The Kier molecular flexibility index (Phi) is 4.95. The van der Waals surface area contributed by atoms with Gasteiger partial charge in [-0.3, -0.25) is 9.36 Å². The summed E-state index contributed by atoms with van der Waals surface area (Å²) in [6.07, 6.45) is 1.20. The largest absolute Gasteiger partial charge is 0.493 e. The molecule has 1 aromatic heterocycles. The van der Waals surface area contributed by atoms with Crippen molar-refractivity contribution in [2.75, 3.05) is 7.11 Å². The van der Waals surface area contributed by atoms with Gasteiger partial charge in [-0.15, -0.1) is 0 Å². The minimum Gasteiger partial charge on any atom is -0.493 e. The van der Waals surface area contributed by atoms with Crippen molar-refractivity contribution in [2.24, 2.45) is 0 Å². The number of ether oxygens (including phenoxy) is 2. The number of halogens is 2. The van der Waals surface area contributed by atoms with E-state index in [2.05, 4.69) is 4.98 Å². The Morgan fingerprint density at radius 3 is 2.52 bits per heavy atom. The lowest BCUT2D eigenvalue weighted by molar-refractivity contribution is 0.285. The van der Waals surface area contributed by atoms with Crippen LogP contribution in [0.2, 0.25) is 0 Å². The summed E-state index contributed by atoms with van der Waals surface area (Å²) in [7, 11) is 1.46. The third kappa shape index (κ3) is 3.67. The number of hydrogen-bond donors (Lipinski definition) is 0. The fourth-order valence-electron chi connectivity index (χ4n) is 2.99. The molecule has 0 bridgehead atoms. The van der Waals surface area contributed by atoms with Crippen LogP contribution >= 0.6 is 0 Å². The number of methoxy groups -OCH3 is 1. The quantitative estimate of drug-likeness (QED) is 0.508. The maximum atomic E-state index is 14.1. The van der Waals surface area contributed by atoms with Crippen LogP contribution in [-0.2, 0) is 6.61 Å². The Hall–Kier alpha value is -3.74. The SMILES string of the molecule is COc1cc2c(=O)n(-c3ccc(F)cc3F)cnc2cc1OCc1ccccc1. The molecule has 146 valence electrons. The highest BCUT2D eigenvalue weighted by molar-refractivity contribution is 5.82. The summed E-state index contributed by atoms with van der Waals surface area (Å²) in [5.74, 6) is -0.802. The van der Waals surface area contributed by atoms with E-state index < -0.39 is 17.2 Å². The summed E-state index contributed by atoms with van der Waals surface area (Å²) in [5.41, 5.74) is 0.755. The molecule has 0 radical (unpaired) electrons. The highest BCUT2D eigenvalue weighted by atomic mass is 19.1. The summed E-state index contributed by atoms with van der Waals surface area (Å²) >= 11 is 0. The molecular formula is C22H16F2N2O3. The van der Waals surface area contributed by atoms with Crippen molar-refractivity contribution in [3.63, 3.8) is 0 Å². The predicted octanol–water partition coefficient (Wildman–Crippen LogP) is 4.25. The minimum absolute atomic E-state index is 0.0887. The van der Waals surface area contributed by atoms with E-state index in [-0.39, 0.29) is 11.1 Å². The van der Waals surface area contributed by atoms with Crippen LogP contribution in [0.15, 0.2) is 71.8 Å². The van der Waals surface area contributed by atoms with E-state index in [1.54, 1.807) is 6.07 Å². The Bertz CT molecular complexity index is 1240. The highest BCUT2D eigenvalue weighted by Gasteiger charge is 2.14. The molecule has 0 amide bonds. The molecule has 0 aliphatic heterocycles. The molecule has 0 atom stereocenters. The maximum absolute atomic E-state index is 14.1. The van der Waals surface area contributed by atoms with Gasteiger partial charge in [0.1, 0.15) is 24.6 Å².